The predicted molar refractivity (Wildman–Crippen MR) is 39.1 cm³/mol. The average molecular weight is 256 g/mol. The first-order chi connectivity index (χ1) is 2.64. The molecular weight excluding hydrogens is 247 g/mol. The topological polar surface area (TPSA) is 26.0 Å². The van der Waals surface area contributed by atoms with Gasteiger partial charge in [-0.2, -0.15) is 0 Å². The van der Waals surface area contributed by atoms with Crippen LogP contribution in [0.15, 0.2) is 0 Å². The number of hydrogen-bond donors (Lipinski definition) is 1. The third-order valence-electron chi connectivity index (χ3n) is 0.637. The van der Waals surface area contributed by atoms with Crippen molar-refractivity contribution < 1.29 is 0 Å². The molecule has 0 aromatic carbocycles. The molecule has 0 spiro atoms. The summed E-state index contributed by atoms with van der Waals surface area (Å²) in [7, 11) is 0. The fraction of sp³-hybridized carbons (Fsp3) is 1.00. The molecule has 0 aromatic rings. The van der Waals surface area contributed by atoms with Crippen LogP contribution >= 0.6 is 19.7 Å². The summed E-state index contributed by atoms with van der Waals surface area (Å²) in [4.78, 5) is 0. The molecule has 36 valence electrons. The fourth-order valence-electron chi connectivity index (χ4n) is 0. The van der Waals surface area contributed by atoms with Crippen molar-refractivity contribution in [3.63, 3.8) is 0 Å². The van der Waals surface area contributed by atoms with Gasteiger partial charge in [-0.25, -0.2) is 0 Å². The van der Waals surface area contributed by atoms with Crippen LogP contribution < -0.4 is 4.44 Å². The molecule has 0 aliphatic rings. The van der Waals surface area contributed by atoms with Crippen LogP contribution in [0.25, 0.3) is 0 Å². The van der Waals surface area contributed by atoms with E-state index in [4.69, 9.17) is 4.44 Å². The quantitative estimate of drug-likeness (QED) is 0.554. The summed E-state index contributed by atoms with van der Waals surface area (Å²) in [6.45, 7) is 4.38. The number of nitrogens with two attached hydrogens (primary N) is 1. The van der Waals surface area contributed by atoms with Crippen LogP contribution in [0.1, 0.15) is 13.8 Å². The van der Waals surface area contributed by atoms with Gasteiger partial charge in [0.1, 0.15) is 0 Å². The van der Waals surface area contributed by atoms with Crippen LogP contribution in [0.2, 0.25) is 4.47 Å². The van der Waals surface area contributed by atoms with E-state index in [0.29, 0.717) is 0 Å². The molecule has 1 nitrogen and oxygen atoms in total. The molecular formula is C3H9GaIN. The minimum absolute atomic E-state index is 0.804. The van der Waals surface area contributed by atoms with Gasteiger partial charge in [0, 0.05) is 0 Å². The second kappa shape index (κ2) is 3.34. The Balaban J connectivity index is 2.99. The number of halogens is 1. The van der Waals surface area contributed by atoms with Crippen molar-refractivity contribution >= 4 is 32.6 Å². The first-order valence-corrected chi connectivity index (χ1v) is 12.2. The van der Waals surface area contributed by atoms with Gasteiger partial charge in [-0.3, -0.25) is 0 Å². The average Bonchev–Trinajstić information content (AvgIpc) is 1.36. The summed E-state index contributed by atoms with van der Waals surface area (Å²) in [6, 6.07) is 0. The third-order valence-corrected chi connectivity index (χ3v) is 10.8. The molecule has 0 heterocycles. The van der Waals surface area contributed by atoms with Gasteiger partial charge in [0.15, 0.2) is 0 Å². The van der Waals surface area contributed by atoms with Gasteiger partial charge in [-0.15, -0.1) is 0 Å². The Kier molecular flexibility index (Phi) is 4.08. The Hall–Kier alpha value is 1.33. The summed E-state index contributed by atoms with van der Waals surface area (Å²) in [5.41, 5.74) is 0. The van der Waals surface area contributed by atoms with Crippen molar-refractivity contribution in [3.8, 4) is 0 Å². The molecule has 0 amide bonds. The molecule has 0 atom stereocenters. The molecule has 0 fully saturated rings. The molecule has 2 N–H and O–H groups in total. The standard InChI is InChI=1S/C3H7.Ga.HI.H2N/c1-3-2;;;/h3H,1-2H3;;1H;1H2/q;+2;;-1/p-1. The van der Waals surface area contributed by atoms with E-state index in [9.17, 15) is 0 Å². The van der Waals surface area contributed by atoms with Gasteiger partial charge in [0.05, 0.1) is 0 Å². The van der Waals surface area contributed by atoms with Gasteiger partial charge >= 0.3 is 55.3 Å². The van der Waals surface area contributed by atoms with E-state index in [1.807, 2.05) is 0 Å². The summed E-state index contributed by atoms with van der Waals surface area (Å²) >= 11 is 1.24. The summed E-state index contributed by atoms with van der Waals surface area (Å²) in [5, 5.41) is 0. The van der Waals surface area contributed by atoms with E-state index in [1.54, 1.807) is 0 Å². The van der Waals surface area contributed by atoms with Gasteiger partial charge in [0.25, 0.3) is 0 Å². The van der Waals surface area contributed by atoms with Crippen molar-refractivity contribution in [2.24, 2.45) is 4.44 Å². The van der Waals surface area contributed by atoms with E-state index in [1.165, 1.54) is 0 Å². The van der Waals surface area contributed by atoms with Crippen LogP contribution in [0.3, 0.4) is 0 Å². The van der Waals surface area contributed by atoms with Crippen LogP contribution in [-0.4, -0.2) is 12.9 Å². The Bertz CT molecular complexity index is 31.8. The first-order valence-electron chi connectivity index (χ1n) is 2.04. The Labute approximate surface area is 55.1 Å². The predicted octanol–water partition coefficient (Wildman–Crippen LogP) is 1.28. The second-order valence-electron chi connectivity index (χ2n) is 1.69. The van der Waals surface area contributed by atoms with E-state index < -0.39 is 12.9 Å². The first kappa shape index (κ1) is 7.33. The molecule has 0 saturated heterocycles. The third kappa shape index (κ3) is 3.51. The molecule has 0 aliphatic heterocycles. The maximum atomic E-state index is 5.61. The molecule has 6 heavy (non-hydrogen) atoms. The zero-order valence-electron chi connectivity index (χ0n) is 4.11. The Morgan fingerprint density at radius 3 is 1.83 bits per heavy atom. The summed E-state index contributed by atoms with van der Waals surface area (Å²) < 4.78 is 6.41. The van der Waals surface area contributed by atoms with Crippen molar-refractivity contribution in [2.45, 2.75) is 18.3 Å². The molecule has 0 saturated carbocycles. The monoisotopic (exact) mass is 255 g/mol. The van der Waals surface area contributed by atoms with E-state index >= 15 is 0 Å². The SMILES string of the molecule is C[CH](C)[Ga]([NH2])[I]. The fourth-order valence-corrected chi connectivity index (χ4v) is 0. The van der Waals surface area contributed by atoms with Crippen LogP contribution in [0.5, 0.6) is 0 Å². The molecule has 0 rings (SSSR count). The number of hydrogen-bond acceptors (Lipinski definition) is 1. The zero-order valence-corrected chi connectivity index (χ0v) is 8.69. The van der Waals surface area contributed by atoms with Crippen molar-refractivity contribution in [3.05, 3.63) is 0 Å². The molecule has 0 radical (unpaired) electrons. The van der Waals surface area contributed by atoms with Crippen molar-refractivity contribution in [2.75, 3.05) is 0 Å². The maximum absolute atomic E-state index is 5.61. The van der Waals surface area contributed by atoms with E-state index in [-0.39, 0.29) is 0 Å². The second-order valence-corrected chi connectivity index (χ2v) is 13.8. The van der Waals surface area contributed by atoms with E-state index in [2.05, 4.69) is 33.5 Å². The zero-order chi connectivity index (χ0) is 5.15. The normalized spacial score (nSPS) is 9.50. The molecule has 0 bridgehead atoms. The summed E-state index contributed by atoms with van der Waals surface area (Å²) in [6.07, 6.45) is 0. The summed E-state index contributed by atoms with van der Waals surface area (Å²) in [5.74, 6) is 0. The van der Waals surface area contributed by atoms with Crippen molar-refractivity contribution in [1.82, 2.24) is 0 Å². The van der Waals surface area contributed by atoms with Crippen molar-refractivity contribution in [1.29, 1.82) is 0 Å². The van der Waals surface area contributed by atoms with E-state index in [0.717, 1.165) is 4.47 Å². The van der Waals surface area contributed by atoms with Gasteiger partial charge < -0.3 is 0 Å². The molecule has 0 unspecified atom stereocenters. The Morgan fingerprint density at radius 1 is 1.67 bits per heavy atom. The van der Waals surface area contributed by atoms with Gasteiger partial charge in [0.2, 0.25) is 0 Å². The molecule has 0 aliphatic carbocycles. The van der Waals surface area contributed by atoms with Crippen LogP contribution in [0.4, 0.5) is 0 Å². The number of rotatable bonds is 1. The van der Waals surface area contributed by atoms with Gasteiger partial charge in [-0.1, -0.05) is 0 Å². The molecule has 0 aromatic heterocycles. The van der Waals surface area contributed by atoms with Crippen LogP contribution in [-0.2, 0) is 0 Å². The Morgan fingerprint density at radius 2 is 1.83 bits per heavy atom. The van der Waals surface area contributed by atoms with Gasteiger partial charge in [-0.05, 0) is 0 Å². The molecule has 3 heteroatoms. The van der Waals surface area contributed by atoms with Crippen LogP contribution in [0, 0.1) is 0 Å². The minimum atomic E-state index is -1.16.